The molecule has 0 heterocycles. The third kappa shape index (κ3) is 14.4. The van der Waals surface area contributed by atoms with Crippen LogP contribution in [0, 0.1) is 0 Å². The van der Waals surface area contributed by atoms with Crippen molar-refractivity contribution in [2.24, 2.45) is 4.99 Å². The molecule has 0 aromatic rings. The topological polar surface area (TPSA) is 99.7 Å². The first-order valence-corrected chi connectivity index (χ1v) is 9.33. The van der Waals surface area contributed by atoms with Crippen molar-refractivity contribution in [3.8, 4) is 0 Å². The summed E-state index contributed by atoms with van der Waals surface area (Å²) in [7, 11) is -2.97. The van der Waals surface area contributed by atoms with E-state index < -0.39 is 9.84 Å². The molecule has 0 aromatic heterocycles. The first kappa shape index (κ1) is 23.7. The molecular formula is C13H29IN4O3S. The van der Waals surface area contributed by atoms with Crippen molar-refractivity contribution in [2.75, 3.05) is 31.6 Å². The van der Waals surface area contributed by atoms with Crippen LogP contribution in [0.5, 0.6) is 0 Å². The molecule has 0 bridgehead atoms. The van der Waals surface area contributed by atoms with Crippen molar-refractivity contribution in [1.29, 1.82) is 0 Å². The zero-order chi connectivity index (χ0) is 16.3. The summed E-state index contributed by atoms with van der Waals surface area (Å²) in [6.07, 6.45) is 2.60. The third-order valence-corrected chi connectivity index (χ3v) is 3.58. The Morgan fingerprint density at radius 1 is 1.23 bits per heavy atom. The van der Waals surface area contributed by atoms with E-state index in [1.54, 1.807) is 0 Å². The van der Waals surface area contributed by atoms with Gasteiger partial charge < -0.3 is 16.0 Å². The Labute approximate surface area is 151 Å². The van der Waals surface area contributed by atoms with Crippen molar-refractivity contribution in [1.82, 2.24) is 16.0 Å². The van der Waals surface area contributed by atoms with Crippen LogP contribution in [0.1, 0.15) is 33.6 Å². The van der Waals surface area contributed by atoms with E-state index in [4.69, 9.17) is 0 Å². The Morgan fingerprint density at radius 3 is 2.36 bits per heavy atom. The molecule has 132 valence electrons. The maximum Gasteiger partial charge on any atom is 0.241 e. The van der Waals surface area contributed by atoms with Gasteiger partial charge in [-0.15, -0.1) is 24.0 Å². The first-order valence-electron chi connectivity index (χ1n) is 7.27. The van der Waals surface area contributed by atoms with Crippen molar-refractivity contribution in [3.63, 3.8) is 0 Å². The van der Waals surface area contributed by atoms with Crippen LogP contribution in [0.4, 0.5) is 0 Å². The van der Waals surface area contributed by atoms with E-state index in [0.717, 1.165) is 6.42 Å². The molecule has 0 rings (SSSR count). The van der Waals surface area contributed by atoms with E-state index in [-0.39, 0.29) is 48.2 Å². The van der Waals surface area contributed by atoms with Gasteiger partial charge in [0.15, 0.2) is 5.96 Å². The van der Waals surface area contributed by atoms with Gasteiger partial charge in [0.1, 0.15) is 16.4 Å². The monoisotopic (exact) mass is 448 g/mol. The van der Waals surface area contributed by atoms with Crippen LogP contribution in [0.15, 0.2) is 4.99 Å². The highest BCUT2D eigenvalue weighted by molar-refractivity contribution is 14.0. The number of amides is 1. The number of nitrogens with zero attached hydrogens (tertiary/aromatic N) is 1. The van der Waals surface area contributed by atoms with Crippen LogP contribution in [0.2, 0.25) is 0 Å². The van der Waals surface area contributed by atoms with Gasteiger partial charge in [0.25, 0.3) is 0 Å². The molecule has 22 heavy (non-hydrogen) atoms. The molecular weight excluding hydrogens is 419 g/mol. The second-order valence-electron chi connectivity index (χ2n) is 5.01. The molecule has 0 aliphatic rings. The number of halogens is 1. The highest BCUT2D eigenvalue weighted by atomic mass is 127. The number of nitrogens with one attached hydrogen (secondary N) is 3. The molecule has 0 fully saturated rings. The molecule has 0 saturated carbocycles. The zero-order valence-electron chi connectivity index (χ0n) is 13.8. The van der Waals surface area contributed by atoms with Crippen LogP contribution in [0.3, 0.4) is 0 Å². The number of guanidine groups is 1. The van der Waals surface area contributed by atoms with Crippen LogP contribution in [-0.4, -0.2) is 58.0 Å². The van der Waals surface area contributed by atoms with Gasteiger partial charge in [-0.2, -0.15) is 0 Å². The molecule has 7 nitrogen and oxygen atoms in total. The van der Waals surface area contributed by atoms with Gasteiger partial charge >= 0.3 is 0 Å². The minimum absolute atomic E-state index is 0. The summed E-state index contributed by atoms with van der Waals surface area (Å²) in [6.45, 7) is 7.15. The SMILES string of the molecule is CCCNC(=O)CN=C(NCC)NC(C)CCS(C)(=O)=O.I. The Balaban J connectivity index is 0. The van der Waals surface area contributed by atoms with Crippen LogP contribution in [-0.2, 0) is 14.6 Å². The second-order valence-corrected chi connectivity index (χ2v) is 7.27. The molecule has 0 aromatic carbocycles. The molecule has 0 spiro atoms. The van der Waals surface area contributed by atoms with Crippen molar-refractivity contribution >= 4 is 45.7 Å². The molecule has 3 N–H and O–H groups in total. The predicted molar refractivity (Wildman–Crippen MR) is 102 cm³/mol. The summed E-state index contributed by atoms with van der Waals surface area (Å²) in [5.41, 5.74) is 0. The lowest BCUT2D eigenvalue weighted by atomic mass is 10.3. The minimum atomic E-state index is -2.97. The van der Waals surface area contributed by atoms with Gasteiger partial charge in [-0.3, -0.25) is 4.79 Å². The van der Waals surface area contributed by atoms with E-state index >= 15 is 0 Å². The average molecular weight is 448 g/mol. The Kier molecular flexibility index (Phi) is 13.9. The molecule has 1 atom stereocenters. The fourth-order valence-electron chi connectivity index (χ4n) is 1.49. The van der Waals surface area contributed by atoms with E-state index in [0.29, 0.717) is 25.5 Å². The highest BCUT2D eigenvalue weighted by Gasteiger charge is 2.09. The molecule has 0 aliphatic carbocycles. The summed E-state index contributed by atoms with van der Waals surface area (Å²) < 4.78 is 22.3. The summed E-state index contributed by atoms with van der Waals surface area (Å²) >= 11 is 0. The second kappa shape index (κ2) is 12.9. The molecule has 0 radical (unpaired) electrons. The van der Waals surface area contributed by atoms with E-state index in [1.807, 2.05) is 20.8 Å². The summed E-state index contributed by atoms with van der Waals surface area (Å²) in [5, 5.41) is 8.88. The fourth-order valence-corrected chi connectivity index (χ4v) is 2.27. The predicted octanol–water partition coefficient (Wildman–Crippen LogP) is 0.509. The maximum absolute atomic E-state index is 11.5. The standard InChI is InChI=1S/C13H28N4O3S.HI/c1-5-8-15-12(18)10-16-13(14-6-2)17-11(3)7-9-21(4,19)20;/h11H,5-10H2,1-4H3,(H,15,18)(H2,14,16,17);1H. The Hall–Kier alpha value is -0.580. The van der Waals surface area contributed by atoms with Gasteiger partial charge in [-0.05, 0) is 26.7 Å². The lowest BCUT2D eigenvalue weighted by Gasteiger charge is -2.17. The van der Waals surface area contributed by atoms with Crippen LogP contribution < -0.4 is 16.0 Å². The van der Waals surface area contributed by atoms with Gasteiger partial charge in [0, 0.05) is 25.4 Å². The average Bonchev–Trinajstić information content (AvgIpc) is 2.39. The number of carbonyl (C=O) groups is 1. The summed E-state index contributed by atoms with van der Waals surface area (Å²) in [6, 6.07) is -0.0452. The molecule has 1 amide bonds. The Bertz CT molecular complexity index is 441. The van der Waals surface area contributed by atoms with E-state index in [9.17, 15) is 13.2 Å². The van der Waals surface area contributed by atoms with Crippen molar-refractivity contribution in [3.05, 3.63) is 0 Å². The van der Waals surface area contributed by atoms with Crippen LogP contribution in [0.25, 0.3) is 0 Å². The van der Waals surface area contributed by atoms with Crippen molar-refractivity contribution in [2.45, 2.75) is 39.7 Å². The number of rotatable bonds is 9. The van der Waals surface area contributed by atoms with Gasteiger partial charge in [-0.25, -0.2) is 13.4 Å². The largest absolute Gasteiger partial charge is 0.357 e. The van der Waals surface area contributed by atoms with Gasteiger partial charge in [0.2, 0.25) is 5.91 Å². The zero-order valence-corrected chi connectivity index (χ0v) is 17.0. The number of hydrogen-bond acceptors (Lipinski definition) is 4. The summed E-state index contributed by atoms with van der Waals surface area (Å²) in [4.78, 5) is 15.7. The van der Waals surface area contributed by atoms with E-state index in [1.165, 1.54) is 6.26 Å². The van der Waals surface area contributed by atoms with Crippen LogP contribution >= 0.6 is 24.0 Å². The van der Waals surface area contributed by atoms with Gasteiger partial charge in [-0.1, -0.05) is 6.92 Å². The van der Waals surface area contributed by atoms with Gasteiger partial charge in [0.05, 0.1) is 5.75 Å². The fraction of sp³-hybridized carbons (Fsp3) is 0.846. The number of hydrogen-bond donors (Lipinski definition) is 3. The molecule has 1 unspecified atom stereocenters. The normalized spacial score (nSPS) is 13.0. The first-order chi connectivity index (χ1) is 9.78. The molecule has 0 aliphatic heterocycles. The lowest BCUT2D eigenvalue weighted by Crippen LogP contribution is -2.43. The third-order valence-electron chi connectivity index (χ3n) is 2.60. The summed E-state index contributed by atoms with van der Waals surface area (Å²) in [5.74, 6) is 0.514. The smallest absolute Gasteiger partial charge is 0.241 e. The number of sulfone groups is 1. The van der Waals surface area contributed by atoms with E-state index in [2.05, 4.69) is 20.9 Å². The number of carbonyl (C=O) groups excluding carboxylic acids is 1. The van der Waals surface area contributed by atoms with Crippen molar-refractivity contribution < 1.29 is 13.2 Å². The quantitative estimate of drug-likeness (QED) is 0.271. The Morgan fingerprint density at radius 2 is 1.86 bits per heavy atom. The lowest BCUT2D eigenvalue weighted by molar-refractivity contribution is -0.119. The highest BCUT2D eigenvalue weighted by Crippen LogP contribution is 1.95. The number of aliphatic imine (C=N–C) groups is 1. The molecule has 0 saturated heterocycles. The minimum Gasteiger partial charge on any atom is -0.357 e. The molecule has 9 heteroatoms. The maximum atomic E-state index is 11.5.